The third-order valence-corrected chi connectivity index (χ3v) is 0.652. The maximum atomic E-state index is 5.27. The van der Waals surface area contributed by atoms with Crippen LogP contribution in [0, 0.1) is 0 Å². The van der Waals surface area contributed by atoms with E-state index in [1.807, 2.05) is 0 Å². The van der Waals surface area contributed by atoms with Crippen molar-refractivity contribution < 1.29 is 0 Å². The fraction of sp³-hybridized carbons (Fsp3) is 0.333. The van der Waals surface area contributed by atoms with Gasteiger partial charge in [-0.15, -0.1) is 0 Å². The highest BCUT2D eigenvalue weighted by molar-refractivity contribution is 6.22. The number of rotatable bonds is 0. The zero-order valence-corrected chi connectivity index (χ0v) is 3.36. The minimum atomic E-state index is 0.764. The Labute approximate surface area is 38.0 Å². The smallest absolute Gasteiger partial charge is 0.111 e. The summed E-state index contributed by atoms with van der Waals surface area (Å²) in [6, 6.07) is 0. The number of hydrazine groups is 1. The van der Waals surface area contributed by atoms with Crippen LogP contribution in [0.25, 0.3) is 0 Å². The lowest BCUT2D eigenvalue weighted by atomic mass is 9.98. The average Bonchev–Trinajstić information content (AvgIpc) is 1.86. The van der Waals surface area contributed by atoms with Gasteiger partial charge in [0.05, 0.1) is 0 Å². The van der Waals surface area contributed by atoms with Gasteiger partial charge < -0.3 is 5.43 Å². The van der Waals surface area contributed by atoms with Crippen LogP contribution in [0.5, 0.6) is 0 Å². The summed E-state index contributed by atoms with van der Waals surface area (Å²) in [6.07, 6.45) is 1.74. The van der Waals surface area contributed by atoms with E-state index in [2.05, 4.69) is 10.9 Å². The van der Waals surface area contributed by atoms with E-state index >= 15 is 0 Å². The van der Waals surface area contributed by atoms with Crippen LogP contribution in [0.15, 0.2) is 11.7 Å². The lowest BCUT2D eigenvalue weighted by Crippen LogP contribution is -2.20. The van der Waals surface area contributed by atoms with Gasteiger partial charge in [0.25, 0.3) is 0 Å². The summed E-state index contributed by atoms with van der Waals surface area (Å²) in [5.74, 6) is 0. The van der Waals surface area contributed by atoms with E-state index in [9.17, 15) is 0 Å². The molecule has 2 nitrogen and oxygen atoms in total. The van der Waals surface area contributed by atoms with Crippen LogP contribution < -0.4 is 10.9 Å². The molecule has 1 aliphatic rings. The second kappa shape index (κ2) is 1.35. The van der Waals surface area contributed by atoms with Crippen LogP contribution in [0.1, 0.15) is 0 Å². The maximum absolute atomic E-state index is 5.27. The highest BCUT2D eigenvalue weighted by atomic mass is 15.4. The Morgan fingerprint density at radius 3 is 2.83 bits per heavy atom. The molecule has 0 fully saturated rings. The van der Waals surface area contributed by atoms with Gasteiger partial charge in [-0.25, -0.2) is 5.43 Å². The third-order valence-electron chi connectivity index (χ3n) is 0.652. The van der Waals surface area contributed by atoms with Gasteiger partial charge in [0.15, 0.2) is 0 Å². The van der Waals surface area contributed by atoms with E-state index in [1.54, 1.807) is 6.20 Å². The van der Waals surface area contributed by atoms with Crippen molar-refractivity contribution in [3.63, 3.8) is 0 Å². The lowest BCUT2D eigenvalue weighted by molar-refractivity contribution is 0.726. The van der Waals surface area contributed by atoms with Crippen LogP contribution in [-0.2, 0) is 0 Å². The summed E-state index contributed by atoms with van der Waals surface area (Å²) in [7, 11) is 5.27. The van der Waals surface area contributed by atoms with Crippen LogP contribution in [0.4, 0.5) is 0 Å². The van der Waals surface area contributed by atoms with Crippen molar-refractivity contribution in [2.24, 2.45) is 0 Å². The van der Waals surface area contributed by atoms with E-state index in [0.717, 1.165) is 12.0 Å². The van der Waals surface area contributed by atoms with Gasteiger partial charge in [0, 0.05) is 12.7 Å². The highest BCUT2D eigenvalue weighted by Crippen LogP contribution is 1.83. The molecule has 0 aliphatic carbocycles. The van der Waals surface area contributed by atoms with Crippen molar-refractivity contribution in [1.82, 2.24) is 10.9 Å². The number of nitrogens with one attached hydrogen (secondary N) is 2. The average molecular weight is 79.9 g/mol. The van der Waals surface area contributed by atoms with Gasteiger partial charge in [0.1, 0.15) is 7.85 Å². The largest absolute Gasteiger partial charge is 0.329 e. The molecule has 2 N–H and O–H groups in total. The Bertz CT molecular complexity index is 78.9. The Balaban J connectivity index is 2.45. The first-order chi connectivity index (χ1) is 2.89. The molecule has 0 unspecified atom stereocenters. The monoisotopic (exact) mass is 80.1 g/mol. The first-order valence-corrected chi connectivity index (χ1v) is 1.82. The van der Waals surface area contributed by atoms with E-state index in [0.29, 0.717) is 0 Å². The Hall–Kier alpha value is -0.435. The third kappa shape index (κ3) is 0.544. The Kier molecular flexibility index (Phi) is 0.840. The van der Waals surface area contributed by atoms with Gasteiger partial charge in [-0.05, 0) is 0 Å². The van der Waals surface area contributed by atoms with E-state index < -0.39 is 0 Å². The molecule has 1 aliphatic heterocycles. The molecule has 0 aromatic heterocycles. The summed E-state index contributed by atoms with van der Waals surface area (Å²) >= 11 is 0. The standard InChI is InChI=1S/C3H5BN2/c4-3-1-5-6-2-3/h1,5-6H,2H2. The molecule has 2 radical (unpaired) electrons. The van der Waals surface area contributed by atoms with Crippen molar-refractivity contribution in [3.8, 4) is 0 Å². The molecule has 0 spiro atoms. The van der Waals surface area contributed by atoms with E-state index in [1.165, 1.54) is 0 Å². The van der Waals surface area contributed by atoms with Crippen LogP contribution in [-0.4, -0.2) is 14.4 Å². The molecule has 0 saturated carbocycles. The van der Waals surface area contributed by atoms with Crippen molar-refractivity contribution >= 4 is 7.85 Å². The first kappa shape index (κ1) is 3.74. The van der Waals surface area contributed by atoms with Crippen molar-refractivity contribution in [2.45, 2.75) is 0 Å². The molecule has 0 amide bonds. The molecule has 0 bridgehead atoms. The summed E-state index contributed by atoms with van der Waals surface area (Å²) in [6.45, 7) is 0.764. The van der Waals surface area contributed by atoms with Crippen LogP contribution in [0.2, 0.25) is 0 Å². The minimum Gasteiger partial charge on any atom is -0.329 e. The van der Waals surface area contributed by atoms with Gasteiger partial charge >= 0.3 is 0 Å². The molecular weight excluding hydrogens is 74.9 g/mol. The van der Waals surface area contributed by atoms with Gasteiger partial charge in [-0.3, -0.25) is 0 Å². The molecule has 1 rings (SSSR count). The molecule has 0 atom stereocenters. The summed E-state index contributed by atoms with van der Waals surface area (Å²) in [5, 5.41) is 0. The number of hydrogen-bond donors (Lipinski definition) is 2. The second-order valence-electron chi connectivity index (χ2n) is 1.22. The Morgan fingerprint density at radius 2 is 2.67 bits per heavy atom. The maximum Gasteiger partial charge on any atom is 0.111 e. The SMILES string of the molecule is [B]C1=CNNC1. The predicted molar refractivity (Wildman–Crippen MR) is 25.0 cm³/mol. The quantitative estimate of drug-likeness (QED) is 0.368. The molecule has 3 heteroatoms. The second-order valence-corrected chi connectivity index (χ2v) is 1.22. The molecule has 6 heavy (non-hydrogen) atoms. The molecule has 0 aromatic rings. The van der Waals surface area contributed by atoms with Crippen LogP contribution >= 0.6 is 0 Å². The van der Waals surface area contributed by atoms with Gasteiger partial charge in [-0.2, -0.15) is 0 Å². The van der Waals surface area contributed by atoms with Crippen LogP contribution in [0.3, 0.4) is 0 Å². The number of hydrogen-bond acceptors (Lipinski definition) is 2. The molecular formula is C3H5BN2. The fourth-order valence-corrected chi connectivity index (χ4v) is 0.348. The minimum absolute atomic E-state index is 0.764. The topological polar surface area (TPSA) is 24.1 Å². The molecule has 1 heterocycles. The zero-order valence-electron chi connectivity index (χ0n) is 3.36. The molecule has 0 aromatic carbocycles. The molecule has 0 saturated heterocycles. The van der Waals surface area contributed by atoms with Gasteiger partial charge in [-0.1, -0.05) is 5.47 Å². The van der Waals surface area contributed by atoms with Crippen molar-refractivity contribution in [3.05, 3.63) is 11.7 Å². The predicted octanol–water partition coefficient (Wildman–Crippen LogP) is -0.896. The van der Waals surface area contributed by atoms with Crippen molar-refractivity contribution in [2.75, 3.05) is 6.54 Å². The fourth-order valence-electron chi connectivity index (χ4n) is 0.348. The first-order valence-electron chi connectivity index (χ1n) is 1.82. The Morgan fingerprint density at radius 1 is 1.83 bits per heavy atom. The highest BCUT2D eigenvalue weighted by Gasteiger charge is 1.91. The molecule has 30 valence electrons. The summed E-state index contributed by atoms with van der Waals surface area (Å²) in [5.41, 5.74) is 6.40. The lowest BCUT2D eigenvalue weighted by Gasteiger charge is -1.85. The van der Waals surface area contributed by atoms with E-state index in [4.69, 9.17) is 7.85 Å². The summed E-state index contributed by atoms with van der Waals surface area (Å²) in [4.78, 5) is 0. The van der Waals surface area contributed by atoms with Gasteiger partial charge in [0.2, 0.25) is 0 Å². The zero-order chi connectivity index (χ0) is 4.41. The normalized spacial score (nSPS) is 19.7. The van der Waals surface area contributed by atoms with E-state index in [-0.39, 0.29) is 0 Å². The summed E-state index contributed by atoms with van der Waals surface area (Å²) < 4.78 is 0. The van der Waals surface area contributed by atoms with Crippen molar-refractivity contribution in [1.29, 1.82) is 0 Å².